The summed E-state index contributed by atoms with van der Waals surface area (Å²) in [5.74, 6) is -2.74. The van der Waals surface area contributed by atoms with E-state index in [1.165, 1.54) is 24.3 Å². The van der Waals surface area contributed by atoms with E-state index in [-0.39, 0.29) is 40.0 Å². The van der Waals surface area contributed by atoms with Crippen LogP contribution in [0.2, 0.25) is 10.0 Å². The Labute approximate surface area is 172 Å². The molecule has 0 aromatic heterocycles. The first-order valence-electron chi connectivity index (χ1n) is 8.47. The van der Waals surface area contributed by atoms with Gasteiger partial charge in [-0.3, -0.25) is 4.79 Å². The predicted molar refractivity (Wildman–Crippen MR) is 103 cm³/mol. The molecule has 0 radical (unpaired) electrons. The van der Waals surface area contributed by atoms with Gasteiger partial charge in [0.1, 0.15) is 5.82 Å². The monoisotopic (exact) mass is 446 g/mol. The number of sulfone groups is 1. The van der Waals surface area contributed by atoms with Gasteiger partial charge in [0.2, 0.25) is 0 Å². The summed E-state index contributed by atoms with van der Waals surface area (Å²) in [4.78, 5) is 11.6. The van der Waals surface area contributed by atoms with Crippen LogP contribution in [-0.4, -0.2) is 30.8 Å². The van der Waals surface area contributed by atoms with E-state index in [9.17, 15) is 22.7 Å². The second-order valence-corrected chi connectivity index (χ2v) is 9.64. The topological polar surface area (TPSA) is 80.7 Å². The first-order chi connectivity index (χ1) is 13.2. The van der Waals surface area contributed by atoms with Crippen LogP contribution in [0, 0.1) is 11.7 Å². The number of carbonyl (C=O) groups is 1. The van der Waals surface area contributed by atoms with Crippen molar-refractivity contribution >= 4 is 39.0 Å². The summed E-state index contributed by atoms with van der Waals surface area (Å²) in [7, 11) is -3.83. The van der Waals surface area contributed by atoms with Crippen LogP contribution in [0.1, 0.15) is 18.4 Å². The highest BCUT2D eigenvalue weighted by molar-refractivity contribution is 7.92. The molecule has 28 heavy (non-hydrogen) atoms. The minimum Gasteiger partial charge on any atom is -0.481 e. The predicted octanol–water partition coefficient (Wildman–Crippen LogP) is 4.35. The lowest BCUT2D eigenvalue weighted by molar-refractivity contribution is -0.146. The van der Waals surface area contributed by atoms with E-state index in [0.29, 0.717) is 0 Å². The third-order valence-corrected chi connectivity index (χ3v) is 7.74. The Kier molecular flexibility index (Phi) is 6.29. The zero-order chi connectivity index (χ0) is 20.5. The van der Waals surface area contributed by atoms with Crippen LogP contribution in [0.5, 0.6) is 0 Å². The Hall–Kier alpha value is -1.67. The minimum absolute atomic E-state index is 0.0142. The second kappa shape index (κ2) is 8.37. The highest BCUT2D eigenvalue weighted by atomic mass is 35.5. The van der Waals surface area contributed by atoms with Crippen molar-refractivity contribution in [3.8, 4) is 0 Å². The van der Waals surface area contributed by atoms with Crippen LogP contribution >= 0.6 is 23.2 Å². The maximum Gasteiger partial charge on any atom is 0.309 e. The maximum absolute atomic E-state index is 13.9. The SMILES string of the molecule is O=C(O)[C@@H]1C[C@@H](S(=O)(=O)c2ccccc2Cl)C[C@H]1OCc1ccc(Cl)cc1F. The summed E-state index contributed by atoms with van der Waals surface area (Å²) in [6.07, 6.45) is -0.981. The molecular weight excluding hydrogens is 430 g/mol. The lowest BCUT2D eigenvalue weighted by Crippen LogP contribution is -2.25. The Morgan fingerprint density at radius 3 is 2.54 bits per heavy atom. The van der Waals surface area contributed by atoms with Gasteiger partial charge >= 0.3 is 5.97 Å². The highest BCUT2D eigenvalue weighted by Crippen LogP contribution is 2.38. The number of ether oxygens (including phenoxy) is 1. The van der Waals surface area contributed by atoms with E-state index in [0.717, 1.165) is 6.07 Å². The van der Waals surface area contributed by atoms with Crippen molar-refractivity contribution in [1.82, 2.24) is 0 Å². The van der Waals surface area contributed by atoms with Crippen molar-refractivity contribution in [2.45, 2.75) is 35.7 Å². The van der Waals surface area contributed by atoms with Gasteiger partial charge in [0.15, 0.2) is 9.84 Å². The standard InChI is InChI=1S/C19H17Cl2FO5S/c20-12-6-5-11(16(22)7-12)10-27-17-9-13(8-14(17)19(23)24)28(25,26)18-4-2-1-3-15(18)21/h1-7,13-14,17H,8-10H2,(H,23,24)/t13-,14-,17-/m1/s1. The Morgan fingerprint density at radius 2 is 1.89 bits per heavy atom. The lowest BCUT2D eigenvalue weighted by Gasteiger charge is -2.17. The summed E-state index contributed by atoms with van der Waals surface area (Å²) >= 11 is 11.7. The largest absolute Gasteiger partial charge is 0.481 e. The average Bonchev–Trinajstić information content (AvgIpc) is 3.06. The van der Waals surface area contributed by atoms with Gasteiger partial charge in [-0.05, 0) is 37.1 Å². The zero-order valence-electron chi connectivity index (χ0n) is 14.5. The van der Waals surface area contributed by atoms with Crippen molar-refractivity contribution < 1.29 is 27.4 Å². The summed E-state index contributed by atoms with van der Waals surface area (Å²) in [6, 6.07) is 10.1. The number of halogens is 3. The molecule has 0 amide bonds. The molecule has 0 spiro atoms. The Bertz CT molecular complexity index is 996. The molecule has 9 heteroatoms. The van der Waals surface area contributed by atoms with Gasteiger partial charge in [0, 0.05) is 10.6 Å². The molecule has 3 rings (SSSR count). The molecule has 1 N–H and O–H groups in total. The molecular formula is C19H17Cl2FO5S. The molecule has 1 aliphatic rings. The number of carboxylic acid groups (broad SMARTS) is 1. The third-order valence-electron chi connectivity index (χ3n) is 4.83. The van der Waals surface area contributed by atoms with E-state index in [2.05, 4.69) is 0 Å². The molecule has 5 nitrogen and oxygen atoms in total. The summed E-state index contributed by atoms with van der Waals surface area (Å²) < 4.78 is 45.4. The van der Waals surface area contributed by atoms with E-state index in [1.54, 1.807) is 12.1 Å². The van der Waals surface area contributed by atoms with Crippen molar-refractivity contribution in [2.24, 2.45) is 5.92 Å². The van der Waals surface area contributed by atoms with Gasteiger partial charge in [-0.1, -0.05) is 41.4 Å². The van der Waals surface area contributed by atoms with Crippen LogP contribution in [0.4, 0.5) is 4.39 Å². The number of carboxylic acids is 1. The molecule has 1 fully saturated rings. The zero-order valence-corrected chi connectivity index (χ0v) is 16.8. The molecule has 2 aromatic rings. The summed E-state index contributed by atoms with van der Waals surface area (Å²) in [5, 5.41) is 8.86. The van der Waals surface area contributed by atoms with Crippen molar-refractivity contribution in [2.75, 3.05) is 0 Å². The summed E-state index contributed by atoms with van der Waals surface area (Å²) in [5.41, 5.74) is 0.214. The van der Waals surface area contributed by atoms with Gasteiger partial charge in [-0.25, -0.2) is 12.8 Å². The van der Waals surface area contributed by atoms with Crippen molar-refractivity contribution in [3.05, 3.63) is 63.9 Å². The Morgan fingerprint density at radius 1 is 1.18 bits per heavy atom. The molecule has 0 saturated heterocycles. The number of aliphatic carboxylic acids is 1. The quantitative estimate of drug-likeness (QED) is 0.712. The second-order valence-electron chi connectivity index (χ2n) is 6.60. The van der Waals surface area contributed by atoms with Crippen LogP contribution < -0.4 is 0 Å². The molecule has 150 valence electrons. The fraction of sp³-hybridized carbons (Fsp3) is 0.316. The molecule has 0 bridgehead atoms. The molecule has 1 saturated carbocycles. The highest BCUT2D eigenvalue weighted by Gasteiger charge is 2.46. The smallest absolute Gasteiger partial charge is 0.309 e. The first-order valence-corrected chi connectivity index (χ1v) is 10.8. The van der Waals surface area contributed by atoms with E-state index in [1.807, 2.05) is 0 Å². The van der Waals surface area contributed by atoms with Gasteiger partial charge < -0.3 is 9.84 Å². The normalized spacial score (nSPS) is 22.3. The Balaban J connectivity index is 1.79. The number of hydrogen-bond donors (Lipinski definition) is 1. The molecule has 3 atom stereocenters. The van der Waals surface area contributed by atoms with Crippen LogP contribution in [0.3, 0.4) is 0 Å². The number of hydrogen-bond acceptors (Lipinski definition) is 4. The average molecular weight is 447 g/mol. The molecule has 0 aliphatic heterocycles. The third kappa shape index (κ3) is 4.33. The van der Waals surface area contributed by atoms with Gasteiger partial charge in [-0.2, -0.15) is 0 Å². The fourth-order valence-corrected chi connectivity index (χ4v) is 5.83. The number of benzene rings is 2. The minimum atomic E-state index is -3.83. The number of rotatable bonds is 6. The van der Waals surface area contributed by atoms with Crippen LogP contribution in [0.25, 0.3) is 0 Å². The fourth-order valence-electron chi connectivity index (χ4n) is 3.34. The molecule has 1 aliphatic carbocycles. The van der Waals surface area contributed by atoms with Crippen LogP contribution in [-0.2, 0) is 26.0 Å². The molecule has 0 heterocycles. The van der Waals surface area contributed by atoms with Crippen LogP contribution in [0.15, 0.2) is 47.4 Å². The van der Waals surface area contributed by atoms with E-state index >= 15 is 0 Å². The maximum atomic E-state index is 13.9. The summed E-state index contributed by atoms with van der Waals surface area (Å²) in [6.45, 7) is -0.184. The van der Waals surface area contributed by atoms with Crippen molar-refractivity contribution in [3.63, 3.8) is 0 Å². The molecule has 2 aromatic carbocycles. The van der Waals surface area contributed by atoms with E-state index in [4.69, 9.17) is 27.9 Å². The first kappa shape index (κ1) is 21.0. The van der Waals surface area contributed by atoms with Gasteiger partial charge in [-0.15, -0.1) is 0 Å². The van der Waals surface area contributed by atoms with Gasteiger partial charge in [0.05, 0.1) is 33.8 Å². The van der Waals surface area contributed by atoms with Crippen molar-refractivity contribution in [1.29, 1.82) is 0 Å². The van der Waals surface area contributed by atoms with E-state index < -0.39 is 38.9 Å². The van der Waals surface area contributed by atoms with Gasteiger partial charge in [0.25, 0.3) is 0 Å². The lowest BCUT2D eigenvalue weighted by atomic mass is 10.1. The molecule has 0 unspecified atom stereocenters.